The van der Waals surface area contributed by atoms with Crippen LogP contribution < -0.4 is 15.2 Å². The standard InChI is InChI=1S/C12H17NO3/c1-15-10-5-8-3-4-12(14,7-13)9(8)6-11(10)16-2/h5-6,14H,3-4,7,13H2,1-2H3/t12-/m0/s1. The molecule has 0 aliphatic heterocycles. The molecule has 0 aromatic heterocycles. The van der Waals surface area contributed by atoms with Crippen molar-refractivity contribution in [2.75, 3.05) is 20.8 Å². The Bertz CT molecular complexity index is 405. The zero-order chi connectivity index (χ0) is 11.8. The molecule has 0 saturated heterocycles. The van der Waals surface area contributed by atoms with Crippen LogP contribution in [-0.4, -0.2) is 25.9 Å². The summed E-state index contributed by atoms with van der Waals surface area (Å²) in [7, 11) is 3.19. The van der Waals surface area contributed by atoms with E-state index in [1.807, 2.05) is 12.1 Å². The first kappa shape index (κ1) is 11.2. The van der Waals surface area contributed by atoms with Crippen molar-refractivity contribution in [2.45, 2.75) is 18.4 Å². The van der Waals surface area contributed by atoms with E-state index in [9.17, 15) is 5.11 Å². The fraction of sp³-hybridized carbons (Fsp3) is 0.500. The van der Waals surface area contributed by atoms with Crippen LogP contribution in [0, 0.1) is 0 Å². The van der Waals surface area contributed by atoms with E-state index in [1.165, 1.54) is 0 Å². The molecular weight excluding hydrogens is 206 g/mol. The Morgan fingerprint density at radius 1 is 1.31 bits per heavy atom. The summed E-state index contributed by atoms with van der Waals surface area (Å²) >= 11 is 0. The van der Waals surface area contributed by atoms with Crippen LogP contribution >= 0.6 is 0 Å². The molecule has 1 aliphatic carbocycles. The molecule has 0 fully saturated rings. The lowest BCUT2D eigenvalue weighted by atomic mass is 9.96. The third-order valence-electron chi connectivity index (χ3n) is 3.26. The maximum Gasteiger partial charge on any atom is 0.161 e. The molecule has 0 saturated carbocycles. The maximum atomic E-state index is 10.3. The number of benzene rings is 1. The Hall–Kier alpha value is -1.26. The van der Waals surface area contributed by atoms with Gasteiger partial charge in [0.05, 0.1) is 14.2 Å². The lowest BCUT2D eigenvalue weighted by molar-refractivity contribution is 0.0479. The van der Waals surface area contributed by atoms with E-state index in [0.29, 0.717) is 17.9 Å². The summed E-state index contributed by atoms with van der Waals surface area (Å²) in [5.74, 6) is 1.33. The Labute approximate surface area is 95.0 Å². The quantitative estimate of drug-likeness (QED) is 0.795. The van der Waals surface area contributed by atoms with Crippen LogP contribution in [0.5, 0.6) is 11.5 Å². The Morgan fingerprint density at radius 2 is 1.94 bits per heavy atom. The largest absolute Gasteiger partial charge is 0.493 e. The lowest BCUT2D eigenvalue weighted by Gasteiger charge is -2.22. The van der Waals surface area contributed by atoms with Crippen molar-refractivity contribution in [1.29, 1.82) is 0 Å². The minimum absolute atomic E-state index is 0.232. The predicted molar refractivity (Wildman–Crippen MR) is 60.8 cm³/mol. The van der Waals surface area contributed by atoms with Crippen molar-refractivity contribution in [2.24, 2.45) is 5.73 Å². The molecule has 1 aromatic carbocycles. The number of nitrogens with two attached hydrogens (primary N) is 1. The summed E-state index contributed by atoms with van der Waals surface area (Å²) in [6, 6.07) is 3.75. The SMILES string of the molecule is COc1cc2c(cc1OC)[C@@](O)(CN)CC2. The molecule has 1 atom stereocenters. The van der Waals surface area contributed by atoms with Gasteiger partial charge in [-0.15, -0.1) is 0 Å². The van der Waals surface area contributed by atoms with E-state index < -0.39 is 5.60 Å². The molecule has 0 radical (unpaired) electrons. The van der Waals surface area contributed by atoms with Crippen LogP contribution in [0.4, 0.5) is 0 Å². The minimum Gasteiger partial charge on any atom is -0.493 e. The van der Waals surface area contributed by atoms with E-state index in [1.54, 1.807) is 14.2 Å². The van der Waals surface area contributed by atoms with Gasteiger partial charge in [0.15, 0.2) is 11.5 Å². The van der Waals surface area contributed by atoms with Gasteiger partial charge in [0.1, 0.15) is 5.60 Å². The third-order valence-corrected chi connectivity index (χ3v) is 3.26. The monoisotopic (exact) mass is 223 g/mol. The molecule has 1 aromatic rings. The highest BCUT2D eigenvalue weighted by molar-refractivity contribution is 5.51. The first-order valence-corrected chi connectivity index (χ1v) is 5.32. The Kier molecular flexibility index (Phi) is 2.78. The number of rotatable bonds is 3. The van der Waals surface area contributed by atoms with Crippen molar-refractivity contribution in [3.63, 3.8) is 0 Å². The molecule has 4 nitrogen and oxygen atoms in total. The molecule has 1 aliphatic rings. The summed E-state index contributed by atoms with van der Waals surface area (Å²) < 4.78 is 10.4. The van der Waals surface area contributed by atoms with Gasteiger partial charge in [0.25, 0.3) is 0 Å². The van der Waals surface area contributed by atoms with Gasteiger partial charge in [-0.25, -0.2) is 0 Å². The number of hydrogen-bond donors (Lipinski definition) is 2. The van der Waals surface area contributed by atoms with E-state index in [4.69, 9.17) is 15.2 Å². The molecule has 0 unspecified atom stereocenters. The van der Waals surface area contributed by atoms with Gasteiger partial charge < -0.3 is 20.3 Å². The van der Waals surface area contributed by atoms with E-state index in [-0.39, 0.29) is 6.54 Å². The Balaban J connectivity index is 2.52. The summed E-state index contributed by atoms with van der Waals surface area (Å²) in [5, 5.41) is 10.3. The molecule has 0 bridgehead atoms. The molecule has 0 heterocycles. The van der Waals surface area contributed by atoms with Crippen LogP contribution in [-0.2, 0) is 12.0 Å². The summed E-state index contributed by atoms with van der Waals surface area (Å²) in [5.41, 5.74) is 6.67. The highest BCUT2D eigenvalue weighted by atomic mass is 16.5. The van der Waals surface area contributed by atoms with Crippen molar-refractivity contribution in [1.82, 2.24) is 0 Å². The second-order valence-electron chi connectivity index (χ2n) is 4.10. The normalized spacial score (nSPS) is 23.0. The van der Waals surface area contributed by atoms with Gasteiger partial charge in [-0.2, -0.15) is 0 Å². The van der Waals surface area contributed by atoms with Gasteiger partial charge in [-0.3, -0.25) is 0 Å². The van der Waals surface area contributed by atoms with Gasteiger partial charge >= 0.3 is 0 Å². The topological polar surface area (TPSA) is 64.7 Å². The molecule has 88 valence electrons. The maximum absolute atomic E-state index is 10.3. The molecule has 4 heteroatoms. The van der Waals surface area contributed by atoms with Crippen molar-refractivity contribution in [3.05, 3.63) is 23.3 Å². The van der Waals surface area contributed by atoms with Crippen molar-refractivity contribution in [3.8, 4) is 11.5 Å². The van der Waals surface area contributed by atoms with Crippen molar-refractivity contribution < 1.29 is 14.6 Å². The van der Waals surface area contributed by atoms with Gasteiger partial charge in [0, 0.05) is 6.54 Å². The number of aliphatic hydroxyl groups is 1. The lowest BCUT2D eigenvalue weighted by Crippen LogP contribution is -2.32. The second-order valence-corrected chi connectivity index (χ2v) is 4.10. The zero-order valence-corrected chi connectivity index (χ0v) is 9.62. The first-order valence-electron chi connectivity index (χ1n) is 5.32. The minimum atomic E-state index is -0.908. The predicted octanol–water partition coefficient (Wildman–Crippen LogP) is 0.796. The number of fused-ring (bicyclic) bond motifs is 1. The highest BCUT2D eigenvalue weighted by Crippen LogP contribution is 2.42. The number of ether oxygens (including phenoxy) is 2. The van der Waals surface area contributed by atoms with Crippen LogP contribution in [0.1, 0.15) is 17.5 Å². The first-order chi connectivity index (χ1) is 7.64. The fourth-order valence-electron chi connectivity index (χ4n) is 2.25. The smallest absolute Gasteiger partial charge is 0.161 e. The number of aryl methyl sites for hydroxylation is 1. The van der Waals surface area contributed by atoms with Crippen LogP contribution in [0.3, 0.4) is 0 Å². The van der Waals surface area contributed by atoms with Crippen LogP contribution in [0.2, 0.25) is 0 Å². The highest BCUT2D eigenvalue weighted by Gasteiger charge is 2.36. The van der Waals surface area contributed by atoms with E-state index >= 15 is 0 Å². The van der Waals surface area contributed by atoms with Gasteiger partial charge in [-0.1, -0.05) is 0 Å². The van der Waals surface area contributed by atoms with E-state index in [0.717, 1.165) is 17.5 Å². The van der Waals surface area contributed by atoms with Crippen molar-refractivity contribution >= 4 is 0 Å². The average molecular weight is 223 g/mol. The third kappa shape index (κ3) is 1.54. The molecule has 2 rings (SSSR count). The molecule has 3 N–H and O–H groups in total. The van der Waals surface area contributed by atoms with Crippen LogP contribution in [0.15, 0.2) is 12.1 Å². The summed E-state index contributed by atoms with van der Waals surface area (Å²) in [4.78, 5) is 0. The van der Waals surface area contributed by atoms with E-state index in [2.05, 4.69) is 0 Å². The molecular formula is C12H17NO3. The average Bonchev–Trinajstić information content (AvgIpc) is 2.65. The van der Waals surface area contributed by atoms with Crippen LogP contribution in [0.25, 0.3) is 0 Å². The molecule has 0 spiro atoms. The van der Waals surface area contributed by atoms with Gasteiger partial charge in [-0.05, 0) is 36.1 Å². The molecule has 16 heavy (non-hydrogen) atoms. The number of methoxy groups -OCH3 is 2. The Morgan fingerprint density at radius 3 is 2.50 bits per heavy atom. The molecule has 0 amide bonds. The van der Waals surface area contributed by atoms with Gasteiger partial charge in [0.2, 0.25) is 0 Å². The summed E-state index contributed by atoms with van der Waals surface area (Å²) in [6.07, 6.45) is 1.48. The summed E-state index contributed by atoms with van der Waals surface area (Å²) in [6.45, 7) is 0.232. The number of hydrogen-bond acceptors (Lipinski definition) is 4. The second kappa shape index (κ2) is 3.96. The fourth-order valence-corrected chi connectivity index (χ4v) is 2.25. The zero-order valence-electron chi connectivity index (χ0n) is 9.62.